The Labute approximate surface area is 124 Å². The van der Waals surface area contributed by atoms with Crippen LogP contribution in [0.1, 0.15) is 38.7 Å². The number of carbonyl (C=O) groups excluding carboxylic acids is 1. The second-order valence-corrected chi connectivity index (χ2v) is 6.37. The van der Waals surface area contributed by atoms with Gasteiger partial charge in [0.2, 0.25) is 0 Å². The fraction of sp³-hybridized carbons (Fsp3) is 0.562. The largest absolute Gasteiger partial charge is 0.444 e. The number of piperidine rings is 1. The van der Waals surface area contributed by atoms with E-state index in [1.165, 1.54) is 6.07 Å². The molecule has 1 fully saturated rings. The van der Waals surface area contributed by atoms with Crippen molar-refractivity contribution in [1.82, 2.24) is 5.32 Å². The van der Waals surface area contributed by atoms with Crippen molar-refractivity contribution in [1.29, 1.82) is 0 Å². The Kier molecular flexibility index (Phi) is 4.52. The number of primary amides is 1. The highest BCUT2D eigenvalue weighted by Gasteiger charge is 2.41. The van der Waals surface area contributed by atoms with Crippen molar-refractivity contribution in [3.05, 3.63) is 35.6 Å². The normalized spacial score (nSPS) is 18.2. The zero-order chi connectivity index (χ0) is 15.5. The van der Waals surface area contributed by atoms with Gasteiger partial charge in [0, 0.05) is 5.41 Å². The number of benzene rings is 1. The van der Waals surface area contributed by atoms with Crippen molar-refractivity contribution in [3.8, 4) is 0 Å². The van der Waals surface area contributed by atoms with Gasteiger partial charge in [0.15, 0.2) is 0 Å². The van der Waals surface area contributed by atoms with Gasteiger partial charge in [-0.25, -0.2) is 9.18 Å². The predicted octanol–water partition coefficient (Wildman–Crippen LogP) is 2.71. The molecule has 1 saturated heterocycles. The van der Waals surface area contributed by atoms with E-state index in [1.54, 1.807) is 6.07 Å². The highest BCUT2D eigenvalue weighted by molar-refractivity contribution is 5.65. The summed E-state index contributed by atoms with van der Waals surface area (Å²) < 4.78 is 19.5. The molecule has 0 saturated carbocycles. The summed E-state index contributed by atoms with van der Waals surface area (Å²) in [5.74, 6) is -0.200. The summed E-state index contributed by atoms with van der Waals surface area (Å²) in [6, 6.07) is 6.87. The molecule has 1 aromatic carbocycles. The van der Waals surface area contributed by atoms with Gasteiger partial charge in [0.05, 0.1) is 0 Å². The van der Waals surface area contributed by atoms with Crippen LogP contribution in [0.3, 0.4) is 0 Å². The fourth-order valence-electron chi connectivity index (χ4n) is 3.46. The number of halogens is 1. The minimum absolute atomic E-state index is 0.200. The molecule has 1 aliphatic heterocycles. The monoisotopic (exact) mass is 294 g/mol. The molecule has 1 aromatic rings. The molecule has 0 unspecified atom stereocenters. The minimum atomic E-state index is -0.794. The first-order chi connectivity index (χ1) is 9.85. The van der Waals surface area contributed by atoms with Crippen molar-refractivity contribution in [2.45, 2.75) is 44.1 Å². The Morgan fingerprint density at radius 2 is 2.00 bits per heavy atom. The Bertz CT molecular complexity index is 511. The van der Waals surface area contributed by atoms with E-state index in [1.807, 2.05) is 26.0 Å². The molecular weight excluding hydrogens is 271 g/mol. The summed E-state index contributed by atoms with van der Waals surface area (Å²) in [4.78, 5) is 11.1. The van der Waals surface area contributed by atoms with E-state index >= 15 is 0 Å². The molecule has 0 aromatic heterocycles. The Balaban J connectivity index is 2.34. The van der Waals surface area contributed by atoms with Crippen LogP contribution in [0.5, 0.6) is 0 Å². The molecule has 1 amide bonds. The number of ether oxygens (including phenoxy) is 1. The number of nitrogens with one attached hydrogen (secondary N) is 1. The SMILES string of the molecule is CC(C)(CC1(c2ccccc2F)CCNCC1)OC(N)=O. The van der Waals surface area contributed by atoms with E-state index in [4.69, 9.17) is 10.5 Å². The maximum Gasteiger partial charge on any atom is 0.405 e. The standard InChI is InChI=1S/C16H23FN2O2/c1-15(2,21-14(18)20)11-16(7-9-19-10-8-16)12-5-3-4-6-13(12)17/h3-6,19H,7-11H2,1-2H3,(H2,18,20). The van der Waals surface area contributed by atoms with Gasteiger partial charge >= 0.3 is 6.09 Å². The zero-order valence-electron chi connectivity index (χ0n) is 12.6. The maximum absolute atomic E-state index is 14.3. The lowest BCUT2D eigenvalue weighted by Gasteiger charge is -2.43. The Morgan fingerprint density at radius 1 is 1.38 bits per heavy atom. The van der Waals surface area contributed by atoms with Gasteiger partial charge in [-0.15, -0.1) is 0 Å². The van der Waals surface area contributed by atoms with E-state index in [-0.39, 0.29) is 11.2 Å². The maximum atomic E-state index is 14.3. The van der Waals surface area contributed by atoms with Crippen LogP contribution in [0.4, 0.5) is 9.18 Å². The quantitative estimate of drug-likeness (QED) is 0.897. The molecule has 116 valence electrons. The van der Waals surface area contributed by atoms with Crippen LogP contribution in [0.15, 0.2) is 24.3 Å². The topological polar surface area (TPSA) is 64.3 Å². The molecule has 0 atom stereocenters. The molecule has 21 heavy (non-hydrogen) atoms. The first-order valence-corrected chi connectivity index (χ1v) is 7.29. The van der Waals surface area contributed by atoms with Crippen LogP contribution >= 0.6 is 0 Å². The third-order valence-corrected chi connectivity index (χ3v) is 4.15. The molecule has 0 spiro atoms. The molecule has 1 heterocycles. The smallest absolute Gasteiger partial charge is 0.405 e. The second-order valence-electron chi connectivity index (χ2n) is 6.37. The van der Waals surface area contributed by atoms with E-state index in [2.05, 4.69) is 5.32 Å². The van der Waals surface area contributed by atoms with Crippen LogP contribution < -0.4 is 11.1 Å². The van der Waals surface area contributed by atoms with Gasteiger partial charge in [0.1, 0.15) is 11.4 Å². The lowest BCUT2D eigenvalue weighted by molar-refractivity contribution is 0.0142. The third-order valence-electron chi connectivity index (χ3n) is 4.15. The van der Waals surface area contributed by atoms with Crippen LogP contribution in [0.2, 0.25) is 0 Å². The van der Waals surface area contributed by atoms with Crippen LogP contribution in [-0.4, -0.2) is 24.8 Å². The van der Waals surface area contributed by atoms with E-state index < -0.39 is 11.7 Å². The highest BCUT2D eigenvalue weighted by Crippen LogP contribution is 2.42. The highest BCUT2D eigenvalue weighted by atomic mass is 19.1. The van der Waals surface area contributed by atoms with Crippen LogP contribution in [-0.2, 0) is 10.2 Å². The van der Waals surface area contributed by atoms with E-state index in [0.29, 0.717) is 12.0 Å². The molecule has 3 N–H and O–H groups in total. The molecule has 0 aliphatic carbocycles. The Morgan fingerprint density at radius 3 is 2.57 bits per heavy atom. The van der Waals surface area contributed by atoms with E-state index in [9.17, 15) is 9.18 Å². The number of rotatable bonds is 4. The summed E-state index contributed by atoms with van der Waals surface area (Å²) in [6.45, 7) is 5.28. The van der Waals surface area contributed by atoms with Gasteiger partial charge in [-0.3, -0.25) is 0 Å². The van der Waals surface area contributed by atoms with Gasteiger partial charge in [-0.1, -0.05) is 18.2 Å². The Hall–Kier alpha value is -1.62. The molecule has 2 rings (SSSR count). The molecule has 0 bridgehead atoms. The van der Waals surface area contributed by atoms with Crippen molar-refractivity contribution >= 4 is 6.09 Å². The number of amides is 1. The summed E-state index contributed by atoms with van der Waals surface area (Å²) in [7, 11) is 0. The fourth-order valence-corrected chi connectivity index (χ4v) is 3.46. The van der Waals surface area contributed by atoms with E-state index in [0.717, 1.165) is 25.9 Å². The van der Waals surface area contributed by atoms with Crippen LogP contribution in [0.25, 0.3) is 0 Å². The van der Waals surface area contributed by atoms with Gasteiger partial charge < -0.3 is 15.8 Å². The van der Waals surface area contributed by atoms with Gasteiger partial charge in [-0.05, 0) is 57.8 Å². The molecule has 5 heteroatoms. The lowest BCUT2D eigenvalue weighted by atomic mass is 9.67. The minimum Gasteiger partial charge on any atom is -0.444 e. The molecule has 1 aliphatic rings. The van der Waals surface area contributed by atoms with Crippen LogP contribution in [0, 0.1) is 5.82 Å². The summed E-state index contributed by atoms with van der Waals surface area (Å²) in [5, 5.41) is 3.30. The van der Waals surface area contributed by atoms with Crippen molar-refractivity contribution in [2.24, 2.45) is 5.73 Å². The third kappa shape index (κ3) is 3.73. The average Bonchev–Trinajstić information content (AvgIpc) is 2.37. The van der Waals surface area contributed by atoms with Gasteiger partial charge in [0.25, 0.3) is 0 Å². The van der Waals surface area contributed by atoms with Crippen molar-refractivity contribution in [3.63, 3.8) is 0 Å². The summed E-state index contributed by atoms with van der Waals surface area (Å²) in [5.41, 5.74) is 4.78. The number of nitrogens with two attached hydrogens (primary N) is 1. The van der Waals surface area contributed by atoms with Gasteiger partial charge in [-0.2, -0.15) is 0 Å². The lowest BCUT2D eigenvalue weighted by Crippen LogP contribution is -2.46. The number of carbonyl (C=O) groups is 1. The summed E-state index contributed by atoms with van der Waals surface area (Å²) in [6.07, 6.45) is 1.36. The van der Waals surface area contributed by atoms with Crippen molar-refractivity contribution in [2.75, 3.05) is 13.1 Å². The molecule has 4 nitrogen and oxygen atoms in total. The predicted molar refractivity (Wildman–Crippen MR) is 79.5 cm³/mol. The number of hydrogen-bond donors (Lipinski definition) is 2. The summed E-state index contributed by atoms with van der Waals surface area (Å²) >= 11 is 0. The second kappa shape index (κ2) is 6.02. The molecular formula is C16H23FN2O2. The first kappa shape index (κ1) is 15.8. The average molecular weight is 294 g/mol. The zero-order valence-corrected chi connectivity index (χ0v) is 12.6. The first-order valence-electron chi connectivity index (χ1n) is 7.29. The van der Waals surface area contributed by atoms with Crippen molar-refractivity contribution < 1.29 is 13.9 Å². The molecule has 0 radical (unpaired) electrons. The number of hydrogen-bond acceptors (Lipinski definition) is 3.